The van der Waals surface area contributed by atoms with Crippen molar-refractivity contribution < 1.29 is 0 Å². The third kappa shape index (κ3) is 3.39. The van der Waals surface area contributed by atoms with Crippen molar-refractivity contribution in [1.82, 2.24) is 23.9 Å². The van der Waals surface area contributed by atoms with Gasteiger partial charge in [-0.1, -0.05) is 30.3 Å². The van der Waals surface area contributed by atoms with Crippen molar-refractivity contribution in [2.45, 2.75) is 19.5 Å². The molecule has 0 fully saturated rings. The lowest BCUT2D eigenvalue weighted by Crippen LogP contribution is -2.33. The van der Waals surface area contributed by atoms with Gasteiger partial charge in [0.15, 0.2) is 0 Å². The first-order valence-corrected chi connectivity index (χ1v) is 8.97. The Morgan fingerprint density at radius 2 is 2.00 bits per heavy atom. The highest BCUT2D eigenvalue weighted by atomic mass is 16.1. The van der Waals surface area contributed by atoms with Crippen molar-refractivity contribution >= 4 is 17.3 Å². The predicted molar refractivity (Wildman–Crippen MR) is 108 cm³/mol. The highest BCUT2D eigenvalue weighted by Gasteiger charge is 2.19. The van der Waals surface area contributed by atoms with Crippen LogP contribution in [0.15, 0.2) is 59.8 Å². The lowest BCUT2D eigenvalue weighted by molar-refractivity contribution is 0.605. The van der Waals surface area contributed by atoms with Crippen LogP contribution >= 0.6 is 0 Å². The summed E-state index contributed by atoms with van der Waals surface area (Å²) in [6.45, 7) is 2.21. The number of fused-ring (bicyclic) bond motifs is 1. The Bertz CT molecular complexity index is 1270. The zero-order valence-electron chi connectivity index (χ0n) is 15.6. The molecule has 3 N–H and O–H groups in total. The Labute approximate surface area is 166 Å². The van der Waals surface area contributed by atoms with Gasteiger partial charge < -0.3 is 11.1 Å². The van der Waals surface area contributed by atoms with Gasteiger partial charge in [-0.15, -0.1) is 0 Å². The van der Waals surface area contributed by atoms with Crippen LogP contribution in [0.2, 0.25) is 0 Å². The predicted octanol–water partition coefficient (Wildman–Crippen LogP) is 1.96. The number of nitrogen functional groups attached to an aromatic ring is 1. The molecule has 0 aliphatic heterocycles. The van der Waals surface area contributed by atoms with Gasteiger partial charge in [0, 0.05) is 6.20 Å². The lowest BCUT2D eigenvalue weighted by Gasteiger charge is -2.20. The molecule has 4 aromatic rings. The van der Waals surface area contributed by atoms with E-state index in [0.29, 0.717) is 23.8 Å². The van der Waals surface area contributed by atoms with E-state index in [0.717, 1.165) is 5.56 Å². The second kappa shape index (κ2) is 7.44. The van der Waals surface area contributed by atoms with E-state index in [9.17, 15) is 10.1 Å². The van der Waals surface area contributed by atoms with Gasteiger partial charge in [-0.2, -0.15) is 5.26 Å². The molecule has 9 nitrogen and oxygen atoms in total. The van der Waals surface area contributed by atoms with E-state index in [2.05, 4.69) is 20.3 Å². The van der Waals surface area contributed by atoms with Gasteiger partial charge in [-0.3, -0.25) is 8.97 Å². The minimum absolute atomic E-state index is 0.0916. The Hall–Kier alpha value is -4.19. The van der Waals surface area contributed by atoms with Crippen LogP contribution in [0, 0.1) is 11.3 Å². The largest absolute Gasteiger partial charge is 0.382 e. The summed E-state index contributed by atoms with van der Waals surface area (Å²) in [4.78, 5) is 25.7. The minimum Gasteiger partial charge on any atom is -0.382 e. The molecule has 0 spiro atoms. The van der Waals surface area contributed by atoms with E-state index in [-0.39, 0.29) is 17.1 Å². The van der Waals surface area contributed by atoms with Crippen LogP contribution in [0.3, 0.4) is 0 Å². The number of hydrogen-bond donors (Lipinski definition) is 2. The van der Waals surface area contributed by atoms with Crippen LogP contribution in [0.5, 0.6) is 0 Å². The molecule has 0 saturated carbocycles. The molecule has 0 aliphatic carbocycles. The number of nitrogens with two attached hydrogens (primary N) is 1. The summed E-state index contributed by atoms with van der Waals surface area (Å²) < 4.78 is 3.11. The molecular formula is C20H18N8O. The molecule has 0 amide bonds. The third-order valence-corrected chi connectivity index (χ3v) is 4.58. The third-order valence-electron chi connectivity index (χ3n) is 4.58. The van der Waals surface area contributed by atoms with Gasteiger partial charge in [0.1, 0.15) is 41.1 Å². The number of aromatic nitrogens is 5. The number of nitrogens with one attached hydrogen (secondary N) is 1. The molecule has 0 radical (unpaired) electrons. The van der Waals surface area contributed by atoms with Gasteiger partial charge >= 0.3 is 5.69 Å². The van der Waals surface area contributed by atoms with Crippen LogP contribution in [0.1, 0.15) is 29.9 Å². The van der Waals surface area contributed by atoms with Gasteiger partial charge in [-0.25, -0.2) is 19.7 Å². The monoisotopic (exact) mass is 386 g/mol. The maximum atomic E-state index is 13.1. The first-order valence-electron chi connectivity index (χ1n) is 8.97. The topological polar surface area (TPSA) is 127 Å². The fourth-order valence-corrected chi connectivity index (χ4v) is 3.16. The van der Waals surface area contributed by atoms with Gasteiger partial charge in [0.25, 0.3) is 0 Å². The molecular weight excluding hydrogens is 368 g/mol. The van der Waals surface area contributed by atoms with Crippen LogP contribution < -0.4 is 16.7 Å². The van der Waals surface area contributed by atoms with E-state index in [4.69, 9.17) is 5.73 Å². The van der Waals surface area contributed by atoms with E-state index in [1.807, 2.05) is 43.3 Å². The summed E-state index contributed by atoms with van der Waals surface area (Å²) in [7, 11) is 0. The highest BCUT2D eigenvalue weighted by molar-refractivity contribution is 5.62. The van der Waals surface area contributed by atoms with Gasteiger partial charge in [0.05, 0.1) is 12.6 Å². The van der Waals surface area contributed by atoms with Crippen LogP contribution in [0.25, 0.3) is 5.65 Å². The average molecular weight is 386 g/mol. The zero-order chi connectivity index (χ0) is 20.4. The van der Waals surface area contributed by atoms with Crippen molar-refractivity contribution in [3.05, 3.63) is 82.4 Å². The van der Waals surface area contributed by atoms with E-state index < -0.39 is 6.04 Å². The molecule has 3 aromatic heterocycles. The molecule has 144 valence electrons. The first-order chi connectivity index (χ1) is 14.1. The lowest BCUT2D eigenvalue weighted by atomic mass is 10.2. The number of anilines is 2. The Balaban J connectivity index is 1.80. The first kappa shape index (κ1) is 18.2. The van der Waals surface area contributed by atoms with E-state index >= 15 is 0 Å². The fraction of sp³-hybridized carbons (Fsp3) is 0.150. The standard InChI is InChI=1S/C20H18N8O/c1-13(25-18-15(10-21)17(22)23-12-24-18)19-26-16-8-5-9-27(16)20(29)28(19)11-14-6-3-2-4-7-14/h2-9,12-13H,11H2,1H3,(H3,22,23,24,25). The summed E-state index contributed by atoms with van der Waals surface area (Å²) in [5, 5.41) is 12.5. The molecule has 29 heavy (non-hydrogen) atoms. The minimum atomic E-state index is -0.423. The summed E-state index contributed by atoms with van der Waals surface area (Å²) in [5.74, 6) is 0.906. The summed E-state index contributed by atoms with van der Waals surface area (Å²) in [5.41, 5.74) is 7.25. The molecule has 1 atom stereocenters. The van der Waals surface area contributed by atoms with Crippen LogP contribution in [-0.4, -0.2) is 23.9 Å². The quantitative estimate of drug-likeness (QED) is 0.537. The number of nitriles is 1. The van der Waals surface area contributed by atoms with E-state index in [1.165, 1.54) is 10.7 Å². The molecule has 4 rings (SSSR count). The fourth-order valence-electron chi connectivity index (χ4n) is 3.16. The van der Waals surface area contributed by atoms with E-state index in [1.54, 1.807) is 22.9 Å². The Kier molecular flexibility index (Phi) is 4.66. The van der Waals surface area contributed by atoms with Gasteiger partial charge in [-0.05, 0) is 24.6 Å². The number of benzene rings is 1. The number of nitrogens with zero attached hydrogens (tertiary/aromatic N) is 6. The normalized spacial score (nSPS) is 11.9. The Morgan fingerprint density at radius 3 is 2.76 bits per heavy atom. The molecule has 0 aliphatic rings. The highest BCUT2D eigenvalue weighted by Crippen LogP contribution is 2.22. The van der Waals surface area contributed by atoms with Crippen molar-refractivity contribution in [2.24, 2.45) is 0 Å². The molecule has 0 bridgehead atoms. The van der Waals surface area contributed by atoms with Crippen molar-refractivity contribution in [2.75, 3.05) is 11.1 Å². The second-order valence-electron chi connectivity index (χ2n) is 6.52. The SMILES string of the molecule is CC(Nc1ncnc(N)c1C#N)c1nc2cccn2c(=O)n1Cc1ccccc1. The van der Waals surface area contributed by atoms with Crippen LogP contribution in [0.4, 0.5) is 11.6 Å². The number of hydrogen-bond acceptors (Lipinski definition) is 7. The van der Waals surface area contributed by atoms with Crippen molar-refractivity contribution in [3.63, 3.8) is 0 Å². The summed E-state index contributed by atoms with van der Waals surface area (Å²) in [6, 6.07) is 14.8. The maximum absolute atomic E-state index is 13.1. The Morgan fingerprint density at radius 1 is 1.21 bits per heavy atom. The van der Waals surface area contributed by atoms with Gasteiger partial charge in [0.2, 0.25) is 0 Å². The van der Waals surface area contributed by atoms with Crippen molar-refractivity contribution in [1.29, 1.82) is 5.26 Å². The number of rotatable bonds is 5. The zero-order valence-corrected chi connectivity index (χ0v) is 15.6. The van der Waals surface area contributed by atoms with Crippen molar-refractivity contribution in [3.8, 4) is 6.07 Å². The second-order valence-corrected chi connectivity index (χ2v) is 6.52. The summed E-state index contributed by atoms with van der Waals surface area (Å²) >= 11 is 0. The average Bonchev–Trinajstić information content (AvgIpc) is 3.20. The molecule has 9 heteroatoms. The van der Waals surface area contributed by atoms with Crippen LogP contribution in [-0.2, 0) is 6.54 Å². The molecule has 0 saturated heterocycles. The summed E-state index contributed by atoms with van der Waals surface area (Å²) in [6.07, 6.45) is 2.97. The molecule has 1 unspecified atom stereocenters. The maximum Gasteiger partial charge on any atom is 0.335 e. The smallest absolute Gasteiger partial charge is 0.335 e. The molecule has 3 heterocycles. The molecule has 1 aromatic carbocycles.